The Morgan fingerprint density at radius 1 is 1.38 bits per heavy atom. The summed E-state index contributed by atoms with van der Waals surface area (Å²) >= 11 is 0. The Morgan fingerprint density at radius 3 is 2.65 bits per heavy atom. The van der Waals surface area contributed by atoms with E-state index in [1.165, 1.54) is 0 Å². The lowest BCUT2D eigenvalue weighted by molar-refractivity contribution is 0.0162. The first-order chi connectivity index (χ1) is 11.7. The van der Waals surface area contributed by atoms with Gasteiger partial charge in [0.05, 0.1) is 6.61 Å². The molecule has 1 saturated heterocycles. The van der Waals surface area contributed by atoms with Gasteiger partial charge < -0.3 is 25.0 Å². The fraction of sp³-hybridized carbons (Fsp3) is 0.889. The lowest BCUT2D eigenvalue weighted by Gasteiger charge is -2.34. The molecule has 1 amide bonds. The second-order valence-corrected chi connectivity index (χ2v) is 7.72. The van der Waals surface area contributed by atoms with Gasteiger partial charge >= 0.3 is 6.09 Å². The molecule has 154 valence electrons. The average Bonchev–Trinajstić information content (AvgIpc) is 2.53. The van der Waals surface area contributed by atoms with Crippen molar-refractivity contribution in [3.8, 4) is 0 Å². The molecule has 1 aliphatic heterocycles. The number of carbonyl (C=O) groups excluding carboxylic acids is 1. The summed E-state index contributed by atoms with van der Waals surface area (Å²) in [6.07, 6.45) is 2.98. The molecule has 0 aromatic rings. The third-order valence-corrected chi connectivity index (χ3v) is 4.04. The van der Waals surface area contributed by atoms with Gasteiger partial charge in [-0.3, -0.25) is 4.99 Å². The zero-order valence-corrected chi connectivity index (χ0v) is 19.5. The Bertz CT molecular complexity index is 441. The second kappa shape index (κ2) is 12.6. The van der Waals surface area contributed by atoms with Crippen LogP contribution in [0, 0.1) is 5.92 Å². The highest BCUT2D eigenvalue weighted by Crippen LogP contribution is 2.21. The minimum absolute atomic E-state index is 0. The van der Waals surface area contributed by atoms with Gasteiger partial charge in [-0.1, -0.05) is 0 Å². The van der Waals surface area contributed by atoms with Crippen molar-refractivity contribution in [1.29, 1.82) is 0 Å². The maximum atomic E-state index is 12.2. The highest BCUT2D eigenvalue weighted by Gasteiger charge is 2.27. The van der Waals surface area contributed by atoms with Crippen LogP contribution in [-0.4, -0.2) is 69.0 Å². The maximum absolute atomic E-state index is 12.2. The Hall–Kier alpha value is -0.770. The number of hydrogen-bond acceptors (Lipinski definition) is 4. The van der Waals surface area contributed by atoms with Crippen molar-refractivity contribution in [2.45, 2.75) is 58.6 Å². The van der Waals surface area contributed by atoms with Crippen LogP contribution in [0.25, 0.3) is 0 Å². The summed E-state index contributed by atoms with van der Waals surface area (Å²) in [7, 11) is 3.45. The van der Waals surface area contributed by atoms with E-state index in [0.29, 0.717) is 12.5 Å². The van der Waals surface area contributed by atoms with Crippen molar-refractivity contribution < 1.29 is 14.3 Å². The van der Waals surface area contributed by atoms with Crippen LogP contribution in [-0.2, 0) is 9.47 Å². The molecule has 2 N–H and O–H groups in total. The Kier molecular flexibility index (Phi) is 12.2. The van der Waals surface area contributed by atoms with Gasteiger partial charge in [-0.2, -0.15) is 0 Å². The van der Waals surface area contributed by atoms with E-state index >= 15 is 0 Å². The number of nitrogens with one attached hydrogen (secondary N) is 2. The Balaban J connectivity index is 0.00000625. The number of piperidine rings is 1. The third-order valence-electron chi connectivity index (χ3n) is 4.04. The first-order valence-electron chi connectivity index (χ1n) is 9.19. The van der Waals surface area contributed by atoms with Gasteiger partial charge in [0.2, 0.25) is 0 Å². The van der Waals surface area contributed by atoms with Crippen molar-refractivity contribution in [1.82, 2.24) is 15.5 Å². The van der Waals surface area contributed by atoms with Gasteiger partial charge in [-0.25, -0.2) is 4.79 Å². The number of rotatable bonds is 6. The number of methoxy groups -OCH3 is 1. The van der Waals surface area contributed by atoms with Gasteiger partial charge in [0.25, 0.3) is 0 Å². The fourth-order valence-electron chi connectivity index (χ4n) is 2.91. The van der Waals surface area contributed by atoms with E-state index in [1.807, 2.05) is 25.7 Å². The van der Waals surface area contributed by atoms with E-state index in [0.717, 1.165) is 44.9 Å². The predicted octanol–water partition coefficient (Wildman–Crippen LogP) is 2.84. The van der Waals surface area contributed by atoms with E-state index in [1.54, 1.807) is 14.2 Å². The molecule has 2 unspecified atom stereocenters. The monoisotopic (exact) mass is 484 g/mol. The molecular formula is C18H37IN4O3. The number of likely N-dealkylation sites (tertiary alicyclic amines) is 1. The van der Waals surface area contributed by atoms with Crippen molar-refractivity contribution in [3.63, 3.8) is 0 Å². The molecule has 0 aliphatic carbocycles. The van der Waals surface area contributed by atoms with E-state index in [4.69, 9.17) is 9.47 Å². The van der Waals surface area contributed by atoms with Crippen LogP contribution >= 0.6 is 24.0 Å². The van der Waals surface area contributed by atoms with Crippen LogP contribution in [0.4, 0.5) is 4.79 Å². The number of ether oxygens (including phenoxy) is 2. The first-order valence-corrected chi connectivity index (χ1v) is 9.19. The molecule has 0 bridgehead atoms. The minimum Gasteiger partial charge on any atom is -0.444 e. The molecule has 0 aromatic carbocycles. The topological polar surface area (TPSA) is 75.2 Å². The number of aliphatic imine (C=N–C) groups is 1. The van der Waals surface area contributed by atoms with Gasteiger partial charge in [-0.15, -0.1) is 24.0 Å². The van der Waals surface area contributed by atoms with Crippen LogP contribution in [0.3, 0.4) is 0 Å². The van der Waals surface area contributed by atoms with Gasteiger partial charge in [0, 0.05) is 39.8 Å². The number of amides is 1. The number of carbonyl (C=O) groups is 1. The maximum Gasteiger partial charge on any atom is 0.410 e. The van der Waals surface area contributed by atoms with E-state index in [2.05, 4.69) is 22.5 Å². The molecular weight excluding hydrogens is 447 g/mol. The zero-order valence-electron chi connectivity index (χ0n) is 17.1. The van der Waals surface area contributed by atoms with Crippen molar-refractivity contribution in [2.75, 3.05) is 40.4 Å². The summed E-state index contributed by atoms with van der Waals surface area (Å²) in [5.74, 6) is 1.27. The zero-order chi connectivity index (χ0) is 18.9. The molecule has 0 spiro atoms. The van der Waals surface area contributed by atoms with E-state index < -0.39 is 5.60 Å². The summed E-state index contributed by atoms with van der Waals surface area (Å²) in [5.41, 5.74) is -0.442. The summed E-state index contributed by atoms with van der Waals surface area (Å²) in [6, 6.07) is 0.202. The molecule has 26 heavy (non-hydrogen) atoms. The SMILES string of the molecule is CN=C(NCCC1CCCN(C(=O)OC(C)(C)C)C1)NC(C)COC.I. The van der Waals surface area contributed by atoms with Crippen LogP contribution in [0.5, 0.6) is 0 Å². The van der Waals surface area contributed by atoms with Crippen molar-refractivity contribution in [3.05, 3.63) is 0 Å². The molecule has 0 radical (unpaired) electrons. The molecule has 1 heterocycles. The summed E-state index contributed by atoms with van der Waals surface area (Å²) in [5, 5.41) is 6.62. The van der Waals surface area contributed by atoms with Gasteiger partial charge in [-0.05, 0) is 52.9 Å². The number of hydrogen-bond donors (Lipinski definition) is 2. The summed E-state index contributed by atoms with van der Waals surface area (Å²) < 4.78 is 10.6. The number of guanidine groups is 1. The smallest absolute Gasteiger partial charge is 0.410 e. The fourth-order valence-corrected chi connectivity index (χ4v) is 2.91. The lowest BCUT2D eigenvalue weighted by atomic mass is 9.95. The minimum atomic E-state index is -0.442. The highest BCUT2D eigenvalue weighted by atomic mass is 127. The standard InChI is InChI=1S/C18H36N4O3.HI/c1-14(13-24-6)21-16(19-5)20-10-9-15-8-7-11-22(12-15)17(23)25-18(2,3)4;/h14-15H,7-13H2,1-6H3,(H2,19,20,21);1H. The first kappa shape index (κ1) is 25.2. The molecule has 1 fully saturated rings. The van der Waals surface area contributed by atoms with Crippen LogP contribution < -0.4 is 10.6 Å². The molecule has 0 saturated carbocycles. The summed E-state index contributed by atoms with van der Waals surface area (Å²) in [6.45, 7) is 10.8. The molecule has 0 aromatic heterocycles. The Labute approximate surface area is 175 Å². The molecule has 2 atom stereocenters. The number of halogens is 1. The second-order valence-electron chi connectivity index (χ2n) is 7.72. The van der Waals surface area contributed by atoms with Gasteiger partial charge in [0.1, 0.15) is 5.60 Å². The van der Waals surface area contributed by atoms with Crippen LogP contribution in [0.2, 0.25) is 0 Å². The average molecular weight is 484 g/mol. The Morgan fingerprint density at radius 2 is 2.08 bits per heavy atom. The number of nitrogens with zero attached hydrogens (tertiary/aromatic N) is 2. The van der Waals surface area contributed by atoms with E-state index in [-0.39, 0.29) is 36.1 Å². The third kappa shape index (κ3) is 10.4. The van der Waals surface area contributed by atoms with Crippen LogP contribution in [0.1, 0.15) is 47.0 Å². The summed E-state index contributed by atoms with van der Waals surface area (Å²) in [4.78, 5) is 18.3. The molecule has 7 nitrogen and oxygen atoms in total. The van der Waals surface area contributed by atoms with Gasteiger partial charge in [0.15, 0.2) is 5.96 Å². The molecule has 1 aliphatic rings. The quantitative estimate of drug-likeness (QED) is 0.345. The highest BCUT2D eigenvalue weighted by molar-refractivity contribution is 14.0. The largest absolute Gasteiger partial charge is 0.444 e. The molecule has 1 rings (SSSR count). The normalized spacial score (nSPS) is 19.4. The molecule has 8 heteroatoms. The lowest BCUT2D eigenvalue weighted by Crippen LogP contribution is -2.46. The van der Waals surface area contributed by atoms with Crippen LogP contribution in [0.15, 0.2) is 4.99 Å². The van der Waals surface area contributed by atoms with Crippen molar-refractivity contribution in [2.24, 2.45) is 10.9 Å². The predicted molar refractivity (Wildman–Crippen MR) is 116 cm³/mol. The van der Waals surface area contributed by atoms with Crippen molar-refractivity contribution >= 4 is 36.0 Å². The van der Waals surface area contributed by atoms with E-state index in [9.17, 15) is 4.79 Å².